The molecule has 1 atom stereocenters. The molecule has 4 nitrogen and oxygen atoms in total. The molecule has 30 heavy (non-hydrogen) atoms. The molecule has 1 unspecified atom stereocenters. The van der Waals surface area contributed by atoms with E-state index in [1.807, 2.05) is 0 Å². The van der Waals surface area contributed by atoms with E-state index in [2.05, 4.69) is 39.0 Å². The van der Waals surface area contributed by atoms with E-state index in [1.165, 1.54) is 23.9 Å². The fraction of sp³-hybridized carbons (Fsp3) is 0.0952. The molecule has 3 rings (SSSR count). The third-order valence-electron chi connectivity index (χ3n) is 4.06. The molecule has 0 saturated heterocycles. The summed E-state index contributed by atoms with van der Waals surface area (Å²) in [5.41, 5.74) is 1.84. The van der Waals surface area contributed by atoms with E-state index in [1.54, 1.807) is 55.5 Å². The molecule has 0 bridgehead atoms. The smallest absolute Gasteiger partial charge is 0.293 e. The molecule has 0 fully saturated rings. The summed E-state index contributed by atoms with van der Waals surface area (Å²) in [6.45, 7) is 1.79. The summed E-state index contributed by atoms with van der Waals surface area (Å²) in [6, 6.07) is 15.8. The number of carbonyl (C=O) groups excluding carboxylic acids is 1. The number of phenolic OH excluding ortho intramolecular Hbond substituents is 3. The van der Waals surface area contributed by atoms with E-state index in [0.717, 1.165) is 10.6 Å². The first-order valence-corrected chi connectivity index (χ1v) is 14.4. The van der Waals surface area contributed by atoms with Gasteiger partial charge in [-0.3, -0.25) is 4.79 Å². The zero-order valence-electron chi connectivity index (χ0n) is 16.6. The van der Waals surface area contributed by atoms with Crippen LogP contribution in [0.25, 0.3) is 0 Å². The minimum Gasteiger partial charge on any atom is -0.508 e. The second-order valence-electron chi connectivity index (χ2n) is 6.12. The van der Waals surface area contributed by atoms with Crippen LogP contribution in [0.5, 0.6) is 17.2 Å². The van der Waals surface area contributed by atoms with Gasteiger partial charge in [-0.2, -0.15) is 0 Å². The maximum Gasteiger partial charge on any atom is 0.293 e. The van der Waals surface area contributed by atoms with E-state index in [9.17, 15) is 15.0 Å². The minimum absolute atomic E-state index is 0.0431. The Bertz CT molecular complexity index is 1050. The lowest BCUT2D eigenvalue weighted by molar-refractivity contribution is 0.0989. The van der Waals surface area contributed by atoms with E-state index >= 15 is 0 Å². The Kier molecular flexibility index (Phi) is 9.21. The number of halogens is 2. The van der Waals surface area contributed by atoms with Gasteiger partial charge in [-0.15, -0.1) is 11.8 Å². The first kappa shape index (κ1) is 23.3. The van der Waals surface area contributed by atoms with Crippen LogP contribution in [0.2, 0.25) is 5.02 Å². The Hall–Kier alpha value is -1.38. The molecule has 3 aromatic carbocycles. The number of aryl methyl sites for hydroxylation is 1. The Labute approximate surface area is 205 Å². The maximum absolute atomic E-state index is 13.2. The fourth-order valence-electron chi connectivity index (χ4n) is 2.56. The van der Waals surface area contributed by atoms with Crippen LogP contribution in [-0.4, -0.2) is 22.5 Å². The predicted molar refractivity (Wildman–Crippen MR) is 135 cm³/mol. The van der Waals surface area contributed by atoms with Gasteiger partial charge in [0.1, 0.15) is 17.2 Å². The van der Waals surface area contributed by atoms with Crippen LogP contribution in [0.1, 0.15) is 26.7 Å². The van der Waals surface area contributed by atoms with Gasteiger partial charge in [0, 0.05) is 15.6 Å². The zero-order chi connectivity index (χ0) is 23.0. The Morgan fingerprint density at radius 2 is 1.70 bits per heavy atom. The average Bonchev–Trinajstić information content (AvgIpc) is 2.76. The van der Waals surface area contributed by atoms with Crippen LogP contribution in [0.4, 0.5) is 0 Å². The molecule has 0 spiro atoms. The molecule has 0 amide bonds. The molecule has 3 N–H and O–H groups in total. The molecular weight excluding hydrogens is 574 g/mol. The van der Waals surface area contributed by atoms with Gasteiger partial charge < -0.3 is 15.3 Å². The number of carbonyl (C=O) groups is 1. The van der Waals surface area contributed by atoms with Crippen molar-refractivity contribution in [3.8, 4) is 17.2 Å². The highest BCUT2D eigenvalue weighted by Gasteiger charge is 2.25. The second-order valence-corrected chi connectivity index (χ2v) is 11.8. The quantitative estimate of drug-likeness (QED) is 0.121. The summed E-state index contributed by atoms with van der Waals surface area (Å²) >= 11 is 13.8. The third kappa shape index (κ3) is 6.82. The highest BCUT2D eigenvalue weighted by Crippen LogP contribution is 2.43. The lowest BCUT2D eigenvalue weighted by Crippen LogP contribution is -2.10. The van der Waals surface area contributed by atoms with Crippen LogP contribution < -0.4 is 0 Å². The number of rotatable bonds is 6. The molecule has 3 aromatic rings. The van der Waals surface area contributed by atoms with Crippen molar-refractivity contribution in [2.24, 2.45) is 0 Å². The molecule has 0 aliphatic carbocycles. The highest BCUT2D eigenvalue weighted by atomic mass is 127. The highest BCUT2D eigenvalue weighted by molar-refractivity contribution is 14.2. The van der Waals surface area contributed by atoms with Gasteiger partial charge in [0.05, 0.1) is 10.1 Å². The fourth-order valence-corrected chi connectivity index (χ4v) is 3.95. The number of benzene rings is 3. The minimum atomic E-state index is -0.672. The summed E-state index contributed by atoms with van der Waals surface area (Å²) in [7, 11) is 0. The van der Waals surface area contributed by atoms with Gasteiger partial charge in [-0.25, -0.2) is 0 Å². The summed E-state index contributed by atoms with van der Waals surface area (Å²) in [5.74, 6) is 0.272. The van der Waals surface area contributed by atoms with Crippen molar-refractivity contribution in [1.82, 2.24) is 0 Å². The number of phenols is 3. The first-order chi connectivity index (χ1) is 14.8. The summed E-state index contributed by atoms with van der Waals surface area (Å²) in [4.78, 5) is 14.6. The SMILES string of the molecule is S=PI.[3H]Oc1ccc(C(Sc2cc(Cl)c(C)cc2O)C(=O)c2ccc(O)cc2)cc1. The van der Waals surface area contributed by atoms with Gasteiger partial charge in [0.25, 0.3) is 1.43 Å². The molecule has 0 radical (unpaired) electrons. The molecule has 0 saturated carbocycles. The van der Waals surface area contributed by atoms with Crippen molar-refractivity contribution < 1.29 is 20.1 Å². The number of Topliss-reactive ketones (excluding diaryl/α,β-unsaturated/α-hetero) is 1. The predicted octanol–water partition coefficient (Wildman–Crippen LogP) is 7.23. The number of ketones is 1. The number of hydrogen-bond acceptors (Lipinski definition) is 6. The van der Waals surface area contributed by atoms with Crippen molar-refractivity contribution in [2.45, 2.75) is 17.1 Å². The molecule has 0 aliphatic rings. The van der Waals surface area contributed by atoms with Crippen LogP contribution in [0.3, 0.4) is 0 Å². The van der Waals surface area contributed by atoms with Crippen molar-refractivity contribution >= 4 is 68.0 Å². The summed E-state index contributed by atoms with van der Waals surface area (Å²) < 4.78 is 6.97. The normalized spacial score (nSPS) is 11.8. The lowest BCUT2D eigenvalue weighted by Gasteiger charge is -2.18. The van der Waals surface area contributed by atoms with Crippen LogP contribution in [0.15, 0.2) is 65.6 Å². The number of hydrogen-bond donors (Lipinski definition) is 3. The van der Waals surface area contributed by atoms with Gasteiger partial charge in [0.15, 0.2) is 5.78 Å². The van der Waals surface area contributed by atoms with Crippen molar-refractivity contribution in [3.63, 3.8) is 0 Å². The van der Waals surface area contributed by atoms with Gasteiger partial charge >= 0.3 is 0 Å². The monoisotopic (exact) mass is 592 g/mol. The van der Waals surface area contributed by atoms with Gasteiger partial charge in [-0.1, -0.05) is 23.7 Å². The van der Waals surface area contributed by atoms with Crippen molar-refractivity contribution in [2.75, 3.05) is 0 Å². The molecule has 0 aromatic heterocycles. The van der Waals surface area contributed by atoms with E-state index in [-0.39, 0.29) is 17.3 Å². The molecule has 156 valence electrons. The van der Waals surface area contributed by atoms with Gasteiger partial charge in [0.2, 0.25) is 0 Å². The van der Waals surface area contributed by atoms with Crippen molar-refractivity contribution in [3.05, 3.63) is 82.4 Å². The van der Waals surface area contributed by atoms with Crippen molar-refractivity contribution in [1.29, 1.82) is 1.43 Å². The molecule has 0 aliphatic heterocycles. The average molecular weight is 593 g/mol. The van der Waals surface area contributed by atoms with E-state index in [4.69, 9.17) is 13.0 Å². The Morgan fingerprint density at radius 3 is 2.27 bits per heavy atom. The lowest BCUT2D eigenvalue weighted by atomic mass is 10.0. The van der Waals surface area contributed by atoms with E-state index in [0.29, 0.717) is 26.8 Å². The van der Waals surface area contributed by atoms with Gasteiger partial charge in [-0.05, 0) is 100 Å². The Balaban J connectivity index is 0.00000107. The van der Waals surface area contributed by atoms with Crippen LogP contribution in [0, 0.1) is 6.92 Å². The summed E-state index contributed by atoms with van der Waals surface area (Å²) in [6.07, 6.45) is 0. The molecular formula is C21H17ClIO4PS2. The maximum atomic E-state index is 13.2. The Morgan fingerprint density at radius 1 is 1.13 bits per heavy atom. The number of aromatic hydroxyl groups is 3. The number of thioether (sulfide) groups is 1. The van der Waals surface area contributed by atoms with Crippen LogP contribution >= 0.6 is 50.4 Å². The first-order valence-electron chi connectivity index (χ1n) is 8.87. The standard InChI is InChI=1S/C21H17ClO4S.IPS/c1-12-10-18(25)19(11-17(12)22)27-21(14-4-8-16(24)9-5-14)20(26)13-2-6-15(23)7-3-13;1-2-3/h2-11,21,23-25H,1H3;/i/hT. The third-order valence-corrected chi connectivity index (χ3v) is 5.77. The molecule has 0 heterocycles. The summed E-state index contributed by atoms with van der Waals surface area (Å²) in [5, 5.41) is 24.1. The zero-order valence-corrected chi connectivity index (χ0v) is 21.0. The van der Waals surface area contributed by atoms with E-state index < -0.39 is 5.25 Å². The second kappa shape index (κ2) is 11.9. The molecule has 9 heteroatoms. The largest absolute Gasteiger partial charge is 0.508 e. The topological polar surface area (TPSA) is 77.8 Å². The van der Waals surface area contributed by atoms with Crippen LogP contribution in [-0.2, 0) is 11.8 Å².